The van der Waals surface area contributed by atoms with Crippen LogP contribution in [0, 0.1) is 5.82 Å². The zero-order valence-electron chi connectivity index (χ0n) is 24.6. The van der Waals surface area contributed by atoms with E-state index in [0.717, 1.165) is 40.5 Å². The maximum absolute atomic E-state index is 14.6. The second-order valence-corrected chi connectivity index (χ2v) is 12.8. The number of pyridine rings is 3. The quantitative estimate of drug-likeness (QED) is 0.162. The Morgan fingerprint density at radius 1 is 0.804 bits per heavy atom. The molecule has 5 aromatic heterocycles. The minimum absolute atomic E-state index is 0.0519. The van der Waals surface area contributed by atoms with Gasteiger partial charge in [0.1, 0.15) is 17.0 Å². The largest absolute Gasteiger partial charge is 0.336 e. The summed E-state index contributed by atoms with van der Waals surface area (Å²) in [5.74, 6) is -0.0127. The number of aromatic nitrogens is 7. The first kappa shape index (κ1) is 29.3. The summed E-state index contributed by atoms with van der Waals surface area (Å²) < 4.78 is 40.2. The highest BCUT2D eigenvalue weighted by Crippen LogP contribution is 2.32. The van der Waals surface area contributed by atoms with Crippen molar-refractivity contribution in [1.82, 2.24) is 45.2 Å². The lowest BCUT2D eigenvalue weighted by atomic mass is 10.1. The number of H-pyrrole nitrogens is 2. The average Bonchev–Trinajstić information content (AvgIpc) is 3.68. The molecule has 0 unspecified atom stereocenters. The lowest BCUT2D eigenvalue weighted by Crippen LogP contribution is -2.21. The van der Waals surface area contributed by atoms with Crippen LogP contribution in [-0.4, -0.2) is 49.8 Å². The number of hydrogen-bond donors (Lipinski definition) is 4. The highest BCUT2D eigenvalue weighted by Gasteiger charge is 2.18. The SMILES string of the molecule is CS(=O)(=O)NCc1cc(F)cc(-c2nccc3[nH]c(-c4n[nH]c5cnc(-c6cncc(CNCc7ccccc7)c6)cc45)nc23)c1. The minimum atomic E-state index is -3.45. The third-order valence-electron chi connectivity index (χ3n) is 7.43. The predicted molar refractivity (Wildman–Crippen MR) is 174 cm³/mol. The number of nitrogens with one attached hydrogen (secondary N) is 4. The Labute approximate surface area is 263 Å². The zero-order valence-corrected chi connectivity index (χ0v) is 25.4. The Morgan fingerprint density at radius 2 is 1.63 bits per heavy atom. The number of sulfonamides is 1. The van der Waals surface area contributed by atoms with Crippen molar-refractivity contribution in [2.45, 2.75) is 19.6 Å². The molecule has 0 fully saturated rings. The van der Waals surface area contributed by atoms with Crippen molar-refractivity contribution in [3.63, 3.8) is 0 Å². The van der Waals surface area contributed by atoms with Crippen LogP contribution < -0.4 is 10.0 Å². The zero-order chi connectivity index (χ0) is 31.7. The molecule has 7 aromatic rings. The topological polar surface area (TPSA) is 154 Å². The van der Waals surface area contributed by atoms with Crippen LogP contribution in [0.3, 0.4) is 0 Å². The van der Waals surface area contributed by atoms with Gasteiger partial charge in [-0.2, -0.15) is 5.10 Å². The second kappa shape index (κ2) is 12.2. The number of benzene rings is 2. The lowest BCUT2D eigenvalue weighted by molar-refractivity contribution is 0.586. The van der Waals surface area contributed by atoms with E-state index in [0.29, 0.717) is 45.9 Å². The van der Waals surface area contributed by atoms with Crippen molar-refractivity contribution < 1.29 is 12.8 Å². The summed E-state index contributed by atoms with van der Waals surface area (Å²) in [7, 11) is -3.45. The van der Waals surface area contributed by atoms with Gasteiger partial charge in [0.25, 0.3) is 0 Å². The molecule has 46 heavy (non-hydrogen) atoms. The number of hydrogen-bond acceptors (Lipinski definition) is 8. The van der Waals surface area contributed by atoms with Crippen LogP contribution >= 0.6 is 0 Å². The van der Waals surface area contributed by atoms with Crippen LogP contribution in [-0.2, 0) is 29.7 Å². The van der Waals surface area contributed by atoms with Crippen molar-refractivity contribution in [1.29, 1.82) is 0 Å². The van der Waals surface area contributed by atoms with E-state index in [1.807, 2.05) is 30.5 Å². The van der Waals surface area contributed by atoms with Crippen LogP contribution in [0.4, 0.5) is 4.39 Å². The molecule has 13 heteroatoms. The predicted octanol–water partition coefficient (Wildman–Crippen LogP) is 5.10. The van der Waals surface area contributed by atoms with E-state index in [4.69, 9.17) is 4.98 Å². The third-order valence-corrected chi connectivity index (χ3v) is 8.10. The standard InChI is InChI=1S/C33H28FN9O2S/c1-46(44,45)39-17-21-9-23(12-25(34)11-21)30-32-27(7-8-37-30)40-33(41-32)31-26-13-28(38-19-29(26)42-43-31)24-10-22(16-36-18-24)15-35-14-20-5-3-2-4-6-20/h2-13,16,18-19,35,39H,14-15,17H2,1H3,(H,40,41)(H,42,43). The summed E-state index contributed by atoms with van der Waals surface area (Å²) in [5, 5.41) is 11.8. The van der Waals surface area contributed by atoms with E-state index in [1.54, 1.807) is 30.7 Å². The van der Waals surface area contributed by atoms with Gasteiger partial charge < -0.3 is 10.3 Å². The summed E-state index contributed by atoms with van der Waals surface area (Å²) in [6, 6.07) is 20.3. The molecule has 11 nitrogen and oxygen atoms in total. The molecule has 0 atom stereocenters. The lowest BCUT2D eigenvalue weighted by Gasteiger charge is -2.07. The van der Waals surface area contributed by atoms with Crippen molar-refractivity contribution >= 4 is 32.0 Å². The van der Waals surface area contributed by atoms with Crippen molar-refractivity contribution in [3.05, 3.63) is 114 Å². The molecule has 230 valence electrons. The molecule has 0 bridgehead atoms. The summed E-state index contributed by atoms with van der Waals surface area (Å²) in [6.07, 6.45) is 8.02. The Bertz CT molecular complexity index is 2300. The molecule has 0 radical (unpaired) electrons. The Morgan fingerprint density at radius 3 is 2.48 bits per heavy atom. The number of imidazole rings is 1. The van der Waals surface area contributed by atoms with Gasteiger partial charge in [0.15, 0.2) is 5.82 Å². The second-order valence-electron chi connectivity index (χ2n) is 10.9. The number of rotatable bonds is 10. The first-order valence-corrected chi connectivity index (χ1v) is 16.3. The smallest absolute Gasteiger partial charge is 0.209 e. The maximum atomic E-state index is 14.6. The number of aromatic amines is 2. The molecule has 5 heterocycles. The summed E-state index contributed by atoms with van der Waals surface area (Å²) in [6.45, 7) is 1.36. The van der Waals surface area contributed by atoms with E-state index in [-0.39, 0.29) is 6.54 Å². The van der Waals surface area contributed by atoms with Crippen molar-refractivity contribution in [2.75, 3.05) is 6.26 Å². The van der Waals surface area contributed by atoms with Gasteiger partial charge in [-0.1, -0.05) is 30.3 Å². The van der Waals surface area contributed by atoms with Gasteiger partial charge in [0.05, 0.1) is 34.9 Å². The molecule has 4 N–H and O–H groups in total. The fourth-order valence-corrected chi connectivity index (χ4v) is 5.72. The number of fused-ring (bicyclic) bond motifs is 2. The van der Waals surface area contributed by atoms with Gasteiger partial charge >= 0.3 is 0 Å². The fourth-order valence-electron chi connectivity index (χ4n) is 5.29. The minimum Gasteiger partial charge on any atom is -0.336 e. The Hall–Kier alpha value is -5.37. The van der Waals surface area contributed by atoms with Gasteiger partial charge in [-0.15, -0.1) is 0 Å². The van der Waals surface area contributed by atoms with Gasteiger partial charge in [-0.3, -0.25) is 20.1 Å². The molecule has 0 saturated carbocycles. The summed E-state index contributed by atoms with van der Waals surface area (Å²) >= 11 is 0. The van der Waals surface area contributed by atoms with E-state index in [1.165, 1.54) is 17.7 Å². The monoisotopic (exact) mass is 633 g/mol. The van der Waals surface area contributed by atoms with Gasteiger partial charge in [0, 0.05) is 54.7 Å². The molecule has 0 spiro atoms. The van der Waals surface area contributed by atoms with Crippen LogP contribution in [0.5, 0.6) is 0 Å². The fraction of sp³-hybridized carbons (Fsp3) is 0.121. The Balaban J connectivity index is 1.19. The normalized spacial score (nSPS) is 11.9. The molecule has 0 aliphatic heterocycles. The molecule has 0 aliphatic rings. The highest BCUT2D eigenvalue weighted by molar-refractivity contribution is 7.88. The van der Waals surface area contributed by atoms with Gasteiger partial charge in [0.2, 0.25) is 10.0 Å². The molecule has 0 amide bonds. The van der Waals surface area contributed by atoms with E-state index in [2.05, 4.69) is 58.4 Å². The van der Waals surface area contributed by atoms with Crippen LogP contribution in [0.15, 0.2) is 91.5 Å². The molecular weight excluding hydrogens is 605 g/mol. The Kier molecular flexibility index (Phi) is 7.78. The van der Waals surface area contributed by atoms with Gasteiger partial charge in [-0.25, -0.2) is 22.5 Å². The summed E-state index contributed by atoms with van der Waals surface area (Å²) in [4.78, 5) is 21.7. The van der Waals surface area contributed by atoms with Crippen LogP contribution in [0.2, 0.25) is 0 Å². The average molecular weight is 634 g/mol. The third kappa shape index (κ3) is 6.38. The molecular formula is C33H28FN9O2S. The van der Waals surface area contributed by atoms with Crippen LogP contribution in [0.1, 0.15) is 16.7 Å². The van der Waals surface area contributed by atoms with E-state index in [9.17, 15) is 12.8 Å². The number of nitrogens with zero attached hydrogens (tertiary/aromatic N) is 5. The van der Waals surface area contributed by atoms with E-state index < -0.39 is 15.8 Å². The van der Waals surface area contributed by atoms with E-state index >= 15 is 0 Å². The van der Waals surface area contributed by atoms with Gasteiger partial charge in [-0.05, 0) is 53.1 Å². The highest BCUT2D eigenvalue weighted by atomic mass is 32.2. The molecule has 0 saturated heterocycles. The summed E-state index contributed by atoms with van der Waals surface area (Å²) in [5.41, 5.74) is 7.77. The van der Waals surface area contributed by atoms with Crippen molar-refractivity contribution in [2.24, 2.45) is 0 Å². The van der Waals surface area contributed by atoms with Crippen molar-refractivity contribution in [3.8, 4) is 34.0 Å². The number of halogens is 1. The first-order chi connectivity index (χ1) is 22.3. The molecule has 7 rings (SSSR count). The molecule has 2 aromatic carbocycles. The van der Waals surface area contributed by atoms with Crippen LogP contribution in [0.25, 0.3) is 56.0 Å². The maximum Gasteiger partial charge on any atom is 0.209 e. The first-order valence-electron chi connectivity index (χ1n) is 14.4. The molecule has 0 aliphatic carbocycles.